The van der Waals surface area contributed by atoms with Crippen molar-refractivity contribution in [3.63, 3.8) is 0 Å². The fourth-order valence-corrected chi connectivity index (χ4v) is 3.34. The van der Waals surface area contributed by atoms with Crippen LogP contribution in [-0.4, -0.2) is 0 Å². The summed E-state index contributed by atoms with van der Waals surface area (Å²) < 4.78 is 0. The molecule has 1 nitrogen and oxygen atoms in total. The van der Waals surface area contributed by atoms with Crippen molar-refractivity contribution < 1.29 is 0 Å². The van der Waals surface area contributed by atoms with Crippen LogP contribution in [0.15, 0.2) is 91.0 Å². The maximum atomic E-state index is 3.51. The number of fused-ring (bicyclic) bond motifs is 1. The average Bonchev–Trinajstić information content (AvgIpc) is 2.68. The first-order valence-corrected chi connectivity index (χ1v) is 9.11. The number of hydrogen-bond acceptors (Lipinski definition) is 1. The highest BCUT2D eigenvalue weighted by Gasteiger charge is 2.08. The van der Waals surface area contributed by atoms with Crippen LogP contribution in [0.25, 0.3) is 10.8 Å². The Hall–Kier alpha value is -3.06. The molecule has 1 unspecified atom stereocenters. The summed E-state index contributed by atoms with van der Waals surface area (Å²) in [6.07, 6.45) is 0. The molecule has 1 heteroatoms. The van der Waals surface area contributed by atoms with E-state index in [1.54, 1.807) is 0 Å². The number of rotatable bonds is 4. The molecule has 0 bridgehead atoms. The molecule has 0 heterocycles. The van der Waals surface area contributed by atoms with E-state index in [-0.39, 0.29) is 0 Å². The van der Waals surface area contributed by atoms with Gasteiger partial charge in [-0.3, -0.25) is 0 Å². The lowest BCUT2D eigenvalue weighted by molar-refractivity contribution is 0.921. The fourth-order valence-electron chi connectivity index (χ4n) is 3.34. The van der Waals surface area contributed by atoms with Crippen LogP contribution in [0.5, 0.6) is 0 Å². The fraction of sp³-hybridized carbons (Fsp3) is 0.120. The van der Waals surface area contributed by atoms with Crippen molar-refractivity contribution in [2.24, 2.45) is 0 Å². The molecule has 0 aliphatic carbocycles. The molecule has 0 amide bonds. The normalized spacial score (nSPS) is 12.1. The number of anilines is 2. The minimum Gasteiger partial charge on any atom is -0.356 e. The molecule has 0 aromatic heterocycles. The van der Waals surface area contributed by atoms with Gasteiger partial charge in [-0.05, 0) is 53.1 Å². The van der Waals surface area contributed by atoms with Gasteiger partial charge in [-0.15, -0.1) is 0 Å². The quantitative estimate of drug-likeness (QED) is 0.421. The number of nitrogens with one attached hydrogen (secondary N) is 1. The van der Waals surface area contributed by atoms with Crippen molar-refractivity contribution in [2.45, 2.75) is 19.8 Å². The summed E-state index contributed by atoms with van der Waals surface area (Å²) in [4.78, 5) is 0. The third-order valence-electron chi connectivity index (χ3n) is 5.03. The van der Waals surface area contributed by atoms with Gasteiger partial charge >= 0.3 is 0 Å². The molecule has 0 fully saturated rings. The standard InChI is InChI=1S/C25H23N/c1-18-7-9-20(10-8-18)19(2)21-11-14-24(15-12-21)26-25-16-13-22-5-3-4-6-23(22)17-25/h3-17,19,26H,1-2H3. The highest BCUT2D eigenvalue weighted by Crippen LogP contribution is 2.27. The second-order valence-corrected chi connectivity index (χ2v) is 6.94. The molecule has 0 saturated heterocycles. The van der Waals surface area contributed by atoms with Crippen LogP contribution in [0.3, 0.4) is 0 Å². The molecular weight excluding hydrogens is 314 g/mol. The molecule has 1 atom stereocenters. The van der Waals surface area contributed by atoms with Crippen LogP contribution >= 0.6 is 0 Å². The summed E-state index contributed by atoms with van der Waals surface area (Å²) in [7, 11) is 0. The van der Waals surface area contributed by atoms with Crippen molar-refractivity contribution in [1.29, 1.82) is 0 Å². The van der Waals surface area contributed by atoms with E-state index >= 15 is 0 Å². The maximum Gasteiger partial charge on any atom is 0.0390 e. The van der Waals surface area contributed by atoms with E-state index in [2.05, 4.69) is 110 Å². The zero-order chi connectivity index (χ0) is 17.9. The summed E-state index contributed by atoms with van der Waals surface area (Å²) in [5.41, 5.74) is 6.21. The lowest BCUT2D eigenvalue weighted by Crippen LogP contribution is -1.97. The van der Waals surface area contributed by atoms with Crippen molar-refractivity contribution in [1.82, 2.24) is 0 Å². The van der Waals surface area contributed by atoms with E-state index in [4.69, 9.17) is 0 Å². The Morgan fingerprint density at radius 3 is 1.88 bits per heavy atom. The summed E-state index contributed by atoms with van der Waals surface area (Å²) in [5.74, 6) is 0.394. The molecule has 0 spiro atoms. The molecule has 0 radical (unpaired) electrons. The van der Waals surface area contributed by atoms with E-state index in [1.165, 1.54) is 27.5 Å². The van der Waals surface area contributed by atoms with Gasteiger partial charge in [0.2, 0.25) is 0 Å². The van der Waals surface area contributed by atoms with Crippen molar-refractivity contribution in [2.75, 3.05) is 5.32 Å². The van der Waals surface area contributed by atoms with E-state index in [0.29, 0.717) is 5.92 Å². The van der Waals surface area contributed by atoms with Crippen LogP contribution in [0.4, 0.5) is 11.4 Å². The summed E-state index contributed by atoms with van der Waals surface area (Å²) in [6, 6.07) is 32.5. The molecule has 4 aromatic carbocycles. The third kappa shape index (κ3) is 3.48. The molecule has 1 N–H and O–H groups in total. The predicted molar refractivity (Wildman–Crippen MR) is 112 cm³/mol. The SMILES string of the molecule is Cc1ccc(C(C)c2ccc(Nc3ccc4ccccc4c3)cc2)cc1. The molecular formula is C25H23N. The molecule has 4 aromatic rings. The lowest BCUT2D eigenvalue weighted by atomic mass is 9.92. The largest absolute Gasteiger partial charge is 0.356 e. The first-order chi connectivity index (χ1) is 12.7. The average molecular weight is 337 g/mol. The minimum absolute atomic E-state index is 0.394. The minimum atomic E-state index is 0.394. The second kappa shape index (κ2) is 7.05. The Labute approximate surface area is 155 Å². The smallest absolute Gasteiger partial charge is 0.0390 e. The van der Waals surface area contributed by atoms with E-state index in [9.17, 15) is 0 Å². The van der Waals surface area contributed by atoms with E-state index in [0.717, 1.165) is 11.4 Å². The Balaban J connectivity index is 1.52. The van der Waals surface area contributed by atoms with Crippen LogP contribution in [0.2, 0.25) is 0 Å². The van der Waals surface area contributed by atoms with Crippen LogP contribution in [-0.2, 0) is 0 Å². The van der Waals surface area contributed by atoms with Gasteiger partial charge in [0.15, 0.2) is 0 Å². The van der Waals surface area contributed by atoms with Crippen LogP contribution < -0.4 is 5.32 Å². The molecule has 128 valence electrons. The number of aryl methyl sites for hydroxylation is 1. The first-order valence-electron chi connectivity index (χ1n) is 9.11. The first kappa shape index (κ1) is 16.4. The van der Waals surface area contributed by atoms with Gasteiger partial charge in [-0.1, -0.05) is 79.2 Å². The van der Waals surface area contributed by atoms with Gasteiger partial charge < -0.3 is 5.32 Å². The van der Waals surface area contributed by atoms with Crippen molar-refractivity contribution in [3.8, 4) is 0 Å². The maximum absolute atomic E-state index is 3.51. The zero-order valence-electron chi connectivity index (χ0n) is 15.2. The molecule has 26 heavy (non-hydrogen) atoms. The monoisotopic (exact) mass is 337 g/mol. The Morgan fingerprint density at radius 2 is 1.19 bits per heavy atom. The van der Waals surface area contributed by atoms with Crippen LogP contribution in [0, 0.1) is 6.92 Å². The number of hydrogen-bond donors (Lipinski definition) is 1. The third-order valence-corrected chi connectivity index (χ3v) is 5.03. The van der Waals surface area contributed by atoms with Gasteiger partial charge in [0, 0.05) is 17.3 Å². The molecule has 0 aliphatic rings. The summed E-state index contributed by atoms with van der Waals surface area (Å²) in [6.45, 7) is 4.39. The van der Waals surface area contributed by atoms with Crippen molar-refractivity contribution in [3.05, 3.63) is 108 Å². The van der Waals surface area contributed by atoms with Gasteiger partial charge in [0.05, 0.1) is 0 Å². The lowest BCUT2D eigenvalue weighted by Gasteiger charge is -2.14. The summed E-state index contributed by atoms with van der Waals surface area (Å²) in [5, 5.41) is 6.03. The number of benzene rings is 4. The van der Waals surface area contributed by atoms with Crippen molar-refractivity contribution >= 4 is 22.1 Å². The topological polar surface area (TPSA) is 12.0 Å². The Kier molecular flexibility index (Phi) is 4.45. The van der Waals surface area contributed by atoms with E-state index in [1.807, 2.05) is 0 Å². The molecule has 0 saturated carbocycles. The van der Waals surface area contributed by atoms with Gasteiger partial charge in [0.1, 0.15) is 0 Å². The highest BCUT2D eigenvalue weighted by atomic mass is 14.9. The van der Waals surface area contributed by atoms with Gasteiger partial charge in [-0.25, -0.2) is 0 Å². The van der Waals surface area contributed by atoms with Crippen LogP contribution in [0.1, 0.15) is 29.5 Å². The molecule has 0 aliphatic heterocycles. The second-order valence-electron chi connectivity index (χ2n) is 6.94. The molecule has 4 rings (SSSR count). The zero-order valence-corrected chi connectivity index (χ0v) is 15.2. The Morgan fingerprint density at radius 1 is 0.615 bits per heavy atom. The highest BCUT2D eigenvalue weighted by molar-refractivity contribution is 5.86. The van der Waals surface area contributed by atoms with Gasteiger partial charge in [-0.2, -0.15) is 0 Å². The predicted octanol–water partition coefficient (Wildman–Crippen LogP) is 7.04. The van der Waals surface area contributed by atoms with E-state index < -0.39 is 0 Å². The Bertz CT molecular complexity index is 1010. The summed E-state index contributed by atoms with van der Waals surface area (Å²) >= 11 is 0. The van der Waals surface area contributed by atoms with Gasteiger partial charge in [0.25, 0.3) is 0 Å².